The SMILES string of the molecule is CC(O)(c1ccc2c(C(=O)O)nn(-c3ccnc(N)n3)c2c1)c1ncccn1. The first kappa shape index (κ1) is 17.5. The Morgan fingerprint density at radius 1 is 1.14 bits per heavy atom. The van der Waals surface area contributed by atoms with Gasteiger partial charge in [-0.25, -0.2) is 24.4 Å². The standard InChI is InChI=1S/C18H15N7O3/c1-18(28,16-20-6-2-7-21-16)10-3-4-11-12(9-10)25(24-14(11)15(26)27)13-5-8-22-17(19)23-13/h2-9,28H,1H3,(H,26,27)(H2,19,22,23). The molecule has 0 aliphatic heterocycles. The van der Waals surface area contributed by atoms with E-state index < -0.39 is 11.6 Å². The molecule has 0 saturated carbocycles. The molecule has 1 atom stereocenters. The number of carbonyl (C=O) groups is 1. The van der Waals surface area contributed by atoms with Gasteiger partial charge in [0.05, 0.1) is 5.52 Å². The molecule has 0 aliphatic carbocycles. The summed E-state index contributed by atoms with van der Waals surface area (Å²) in [6.45, 7) is 1.56. The van der Waals surface area contributed by atoms with Crippen LogP contribution in [0.1, 0.15) is 28.8 Å². The summed E-state index contributed by atoms with van der Waals surface area (Å²) >= 11 is 0. The smallest absolute Gasteiger partial charge is 0.357 e. The summed E-state index contributed by atoms with van der Waals surface area (Å²) in [7, 11) is 0. The Balaban J connectivity index is 1.96. The van der Waals surface area contributed by atoms with Crippen LogP contribution in [-0.2, 0) is 5.60 Å². The fourth-order valence-electron chi connectivity index (χ4n) is 2.91. The highest BCUT2D eigenvalue weighted by Gasteiger charge is 2.30. The third-order valence-electron chi connectivity index (χ3n) is 4.32. The summed E-state index contributed by atoms with van der Waals surface area (Å²) in [6.07, 6.45) is 4.51. The summed E-state index contributed by atoms with van der Waals surface area (Å²) < 4.78 is 1.35. The fraction of sp³-hybridized carbons (Fsp3) is 0.111. The molecule has 0 fully saturated rings. The van der Waals surface area contributed by atoms with Crippen LogP contribution >= 0.6 is 0 Å². The average molecular weight is 377 g/mol. The Morgan fingerprint density at radius 3 is 2.57 bits per heavy atom. The van der Waals surface area contributed by atoms with Crippen LogP contribution in [0, 0.1) is 0 Å². The second-order valence-electron chi connectivity index (χ2n) is 6.22. The van der Waals surface area contributed by atoms with E-state index in [-0.39, 0.29) is 17.5 Å². The number of carboxylic acids is 1. The van der Waals surface area contributed by atoms with Crippen molar-refractivity contribution in [2.45, 2.75) is 12.5 Å². The van der Waals surface area contributed by atoms with Crippen LogP contribution in [-0.4, -0.2) is 45.9 Å². The van der Waals surface area contributed by atoms with Crippen molar-refractivity contribution in [3.63, 3.8) is 0 Å². The highest BCUT2D eigenvalue weighted by Crippen LogP contribution is 2.31. The van der Waals surface area contributed by atoms with Crippen molar-refractivity contribution in [2.75, 3.05) is 5.73 Å². The molecule has 4 N–H and O–H groups in total. The maximum Gasteiger partial charge on any atom is 0.357 e. The molecule has 0 spiro atoms. The minimum Gasteiger partial charge on any atom is -0.476 e. The van der Waals surface area contributed by atoms with Gasteiger partial charge in [0.15, 0.2) is 17.3 Å². The molecule has 0 saturated heterocycles. The van der Waals surface area contributed by atoms with Gasteiger partial charge in [-0.2, -0.15) is 10.1 Å². The number of aliphatic hydroxyl groups is 1. The lowest BCUT2D eigenvalue weighted by atomic mass is 9.94. The molecule has 140 valence electrons. The molecule has 10 nitrogen and oxygen atoms in total. The quantitative estimate of drug-likeness (QED) is 0.475. The van der Waals surface area contributed by atoms with Gasteiger partial charge in [-0.05, 0) is 30.7 Å². The predicted octanol–water partition coefficient (Wildman–Crippen LogP) is 1.14. The largest absolute Gasteiger partial charge is 0.476 e. The summed E-state index contributed by atoms with van der Waals surface area (Å²) in [6, 6.07) is 8.03. The van der Waals surface area contributed by atoms with Crippen LogP contribution in [0.4, 0.5) is 5.95 Å². The molecule has 3 heterocycles. The third-order valence-corrected chi connectivity index (χ3v) is 4.32. The molecule has 0 aliphatic rings. The number of rotatable bonds is 4. The van der Waals surface area contributed by atoms with Crippen molar-refractivity contribution < 1.29 is 15.0 Å². The molecule has 4 rings (SSSR count). The first-order valence-electron chi connectivity index (χ1n) is 8.23. The Labute approximate surface area is 158 Å². The lowest BCUT2D eigenvalue weighted by molar-refractivity contribution is 0.0692. The van der Waals surface area contributed by atoms with Crippen molar-refractivity contribution in [3.05, 3.63) is 66.0 Å². The van der Waals surface area contributed by atoms with Crippen LogP contribution in [0.3, 0.4) is 0 Å². The minimum absolute atomic E-state index is 0.0267. The normalized spacial score (nSPS) is 13.4. The number of benzene rings is 1. The van der Waals surface area contributed by atoms with Gasteiger partial charge in [0.1, 0.15) is 5.60 Å². The highest BCUT2D eigenvalue weighted by molar-refractivity contribution is 6.01. The summed E-state index contributed by atoms with van der Waals surface area (Å²) in [5.41, 5.74) is 4.90. The van der Waals surface area contributed by atoms with Gasteiger partial charge in [0.25, 0.3) is 0 Å². The Hall–Kier alpha value is -3.92. The number of anilines is 1. The van der Waals surface area contributed by atoms with Crippen LogP contribution in [0.2, 0.25) is 0 Å². The van der Waals surface area contributed by atoms with E-state index in [2.05, 4.69) is 25.0 Å². The van der Waals surface area contributed by atoms with Crippen molar-refractivity contribution in [3.8, 4) is 5.82 Å². The van der Waals surface area contributed by atoms with E-state index in [9.17, 15) is 15.0 Å². The van der Waals surface area contributed by atoms with Gasteiger partial charge in [-0.15, -0.1) is 0 Å². The number of hydrogen-bond acceptors (Lipinski definition) is 8. The molecule has 10 heteroatoms. The molecule has 0 bridgehead atoms. The average Bonchev–Trinajstić information content (AvgIpc) is 3.08. The zero-order valence-electron chi connectivity index (χ0n) is 14.7. The van der Waals surface area contributed by atoms with Gasteiger partial charge in [0.2, 0.25) is 5.95 Å². The maximum atomic E-state index is 11.6. The van der Waals surface area contributed by atoms with Gasteiger partial charge in [-0.1, -0.05) is 6.07 Å². The molecule has 3 aromatic heterocycles. The first-order chi connectivity index (χ1) is 13.4. The van der Waals surface area contributed by atoms with Gasteiger partial charge >= 0.3 is 5.97 Å². The molecular formula is C18H15N7O3. The number of nitrogens with two attached hydrogens (primary N) is 1. The molecular weight excluding hydrogens is 362 g/mol. The van der Waals surface area contributed by atoms with Crippen LogP contribution in [0.15, 0.2) is 48.9 Å². The monoisotopic (exact) mass is 377 g/mol. The second-order valence-corrected chi connectivity index (χ2v) is 6.22. The minimum atomic E-state index is -1.50. The molecule has 0 radical (unpaired) electrons. The van der Waals surface area contributed by atoms with Crippen LogP contribution in [0.5, 0.6) is 0 Å². The number of fused-ring (bicyclic) bond motifs is 1. The van der Waals surface area contributed by atoms with E-state index >= 15 is 0 Å². The van der Waals surface area contributed by atoms with E-state index in [1.54, 1.807) is 37.3 Å². The second kappa shape index (κ2) is 6.35. The lowest BCUT2D eigenvalue weighted by Crippen LogP contribution is -2.25. The topological polar surface area (TPSA) is 153 Å². The maximum absolute atomic E-state index is 11.6. The van der Waals surface area contributed by atoms with E-state index in [0.29, 0.717) is 22.3 Å². The number of carboxylic acid groups (broad SMARTS) is 1. The molecule has 4 aromatic rings. The van der Waals surface area contributed by atoms with E-state index in [4.69, 9.17) is 5.73 Å². The third kappa shape index (κ3) is 2.81. The summed E-state index contributed by atoms with van der Waals surface area (Å²) in [5.74, 6) is -0.640. The predicted molar refractivity (Wildman–Crippen MR) is 98.7 cm³/mol. The fourth-order valence-corrected chi connectivity index (χ4v) is 2.91. The summed E-state index contributed by atoms with van der Waals surface area (Å²) in [4.78, 5) is 27.8. The van der Waals surface area contributed by atoms with E-state index in [1.807, 2.05) is 0 Å². The number of nitrogens with zero attached hydrogens (tertiary/aromatic N) is 6. The molecule has 28 heavy (non-hydrogen) atoms. The highest BCUT2D eigenvalue weighted by atomic mass is 16.4. The number of aromatic nitrogens is 6. The van der Waals surface area contributed by atoms with E-state index in [0.717, 1.165) is 0 Å². The van der Waals surface area contributed by atoms with Crippen molar-refractivity contribution >= 4 is 22.8 Å². The van der Waals surface area contributed by atoms with Crippen LogP contribution in [0.25, 0.3) is 16.7 Å². The van der Waals surface area contributed by atoms with Crippen molar-refractivity contribution in [1.29, 1.82) is 0 Å². The summed E-state index contributed by atoms with van der Waals surface area (Å²) in [5, 5.41) is 25.1. The lowest BCUT2D eigenvalue weighted by Gasteiger charge is -2.22. The zero-order chi connectivity index (χ0) is 19.9. The number of hydrogen-bond donors (Lipinski definition) is 3. The Kier molecular flexibility index (Phi) is 3.97. The number of aromatic carboxylic acids is 1. The Morgan fingerprint density at radius 2 is 1.89 bits per heavy atom. The number of nitrogen functional groups attached to an aromatic ring is 1. The van der Waals surface area contributed by atoms with Crippen molar-refractivity contribution in [2.24, 2.45) is 0 Å². The molecule has 1 unspecified atom stereocenters. The van der Waals surface area contributed by atoms with Crippen molar-refractivity contribution in [1.82, 2.24) is 29.7 Å². The zero-order valence-corrected chi connectivity index (χ0v) is 14.7. The van der Waals surface area contributed by atoms with E-state index in [1.165, 1.54) is 23.3 Å². The molecule has 1 aromatic carbocycles. The Bertz CT molecular complexity index is 1190. The first-order valence-corrected chi connectivity index (χ1v) is 8.23. The van der Waals surface area contributed by atoms with Gasteiger partial charge in [-0.3, -0.25) is 0 Å². The molecule has 0 amide bonds. The van der Waals surface area contributed by atoms with Crippen LogP contribution < -0.4 is 5.73 Å². The van der Waals surface area contributed by atoms with Gasteiger partial charge in [0, 0.05) is 30.0 Å². The van der Waals surface area contributed by atoms with Gasteiger partial charge < -0.3 is 15.9 Å².